The zero-order valence-electron chi connectivity index (χ0n) is 7.16. The summed E-state index contributed by atoms with van der Waals surface area (Å²) in [6, 6.07) is 0. The summed E-state index contributed by atoms with van der Waals surface area (Å²) < 4.78 is 11.0. The minimum absolute atomic E-state index is 0.122. The highest BCUT2D eigenvalue weighted by Gasteiger charge is 2.42. The Kier molecular flexibility index (Phi) is 1.38. The molecule has 2 bridgehead atoms. The van der Waals surface area contributed by atoms with Crippen LogP contribution in [0.25, 0.3) is 0 Å². The first-order valence-corrected chi connectivity index (χ1v) is 4.81. The molecule has 2 heteroatoms. The zero-order valence-corrected chi connectivity index (χ0v) is 7.16. The Morgan fingerprint density at radius 3 is 3.00 bits per heavy atom. The van der Waals surface area contributed by atoms with Gasteiger partial charge in [0.1, 0.15) is 6.10 Å². The minimum Gasteiger partial charge on any atom is -0.371 e. The summed E-state index contributed by atoms with van der Waals surface area (Å²) in [6.45, 7) is 1.71. The van der Waals surface area contributed by atoms with Gasteiger partial charge < -0.3 is 9.47 Å². The average Bonchev–Trinajstić information content (AvgIpc) is 2.74. The molecule has 1 heterocycles. The molecular weight excluding hydrogens is 152 g/mol. The van der Waals surface area contributed by atoms with Crippen LogP contribution in [0, 0.1) is 5.92 Å². The van der Waals surface area contributed by atoms with Gasteiger partial charge in [-0.2, -0.15) is 0 Å². The number of hydrogen-bond donors (Lipinski definition) is 0. The lowest BCUT2D eigenvalue weighted by molar-refractivity contribution is -0.00844. The Hall–Kier alpha value is -0.340. The lowest BCUT2D eigenvalue weighted by atomic mass is 10.0. The summed E-state index contributed by atoms with van der Waals surface area (Å²) in [7, 11) is 0. The maximum Gasteiger partial charge on any atom is 0.104 e. The lowest BCUT2D eigenvalue weighted by Gasteiger charge is -2.23. The lowest BCUT2D eigenvalue weighted by Crippen LogP contribution is -2.26. The summed E-state index contributed by atoms with van der Waals surface area (Å²) in [6.07, 6.45) is 8.76. The van der Waals surface area contributed by atoms with Crippen molar-refractivity contribution >= 4 is 0 Å². The fourth-order valence-electron chi connectivity index (χ4n) is 2.31. The number of fused-ring (bicyclic) bond motifs is 2. The van der Waals surface area contributed by atoms with Crippen molar-refractivity contribution in [2.45, 2.75) is 31.0 Å². The maximum atomic E-state index is 5.89. The third kappa shape index (κ3) is 1.10. The smallest absolute Gasteiger partial charge is 0.104 e. The van der Waals surface area contributed by atoms with Gasteiger partial charge in [-0.05, 0) is 25.2 Å². The third-order valence-electron chi connectivity index (χ3n) is 3.18. The predicted molar refractivity (Wildman–Crippen MR) is 44.9 cm³/mol. The van der Waals surface area contributed by atoms with Crippen LogP contribution in [0.5, 0.6) is 0 Å². The number of epoxide rings is 1. The second-order valence-electron chi connectivity index (χ2n) is 4.19. The topological polar surface area (TPSA) is 21.8 Å². The van der Waals surface area contributed by atoms with Crippen LogP contribution in [0.3, 0.4) is 0 Å². The highest BCUT2D eigenvalue weighted by Crippen LogP contribution is 2.45. The van der Waals surface area contributed by atoms with Crippen molar-refractivity contribution in [3.05, 3.63) is 12.2 Å². The second-order valence-corrected chi connectivity index (χ2v) is 4.19. The van der Waals surface area contributed by atoms with Crippen LogP contribution in [-0.2, 0) is 9.47 Å². The molecule has 0 N–H and O–H groups in total. The summed E-state index contributed by atoms with van der Waals surface area (Å²) >= 11 is 0. The van der Waals surface area contributed by atoms with E-state index in [4.69, 9.17) is 9.47 Å². The fourth-order valence-corrected chi connectivity index (χ4v) is 2.31. The van der Waals surface area contributed by atoms with Gasteiger partial charge in [0.25, 0.3) is 0 Å². The van der Waals surface area contributed by atoms with Crippen LogP contribution in [0.15, 0.2) is 12.2 Å². The quantitative estimate of drug-likeness (QED) is 0.468. The van der Waals surface area contributed by atoms with Gasteiger partial charge >= 0.3 is 0 Å². The summed E-state index contributed by atoms with van der Waals surface area (Å²) in [5.41, 5.74) is 0.122. The van der Waals surface area contributed by atoms with E-state index in [0.717, 1.165) is 19.1 Å². The first-order valence-electron chi connectivity index (χ1n) is 4.81. The van der Waals surface area contributed by atoms with E-state index in [1.807, 2.05) is 0 Å². The van der Waals surface area contributed by atoms with E-state index >= 15 is 0 Å². The van der Waals surface area contributed by atoms with E-state index in [2.05, 4.69) is 12.2 Å². The van der Waals surface area contributed by atoms with Crippen molar-refractivity contribution in [2.75, 3.05) is 13.2 Å². The molecule has 1 aliphatic heterocycles. The van der Waals surface area contributed by atoms with Crippen molar-refractivity contribution in [2.24, 2.45) is 5.92 Å². The van der Waals surface area contributed by atoms with Crippen LogP contribution in [0.2, 0.25) is 0 Å². The van der Waals surface area contributed by atoms with Crippen LogP contribution >= 0.6 is 0 Å². The van der Waals surface area contributed by atoms with Crippen molar-refractivity contribution < 1.29 is 9.47 Å². The molecule has 12 heavy (non-hydrogen) atoms. The minimum atomic E-state index is 0.122. The van der Waals surface area contributed by atoms with Crippen LogP contribution in [-0.4, -0.2) is 24.9 Å². The molecule has 66 valence electrons. The second kappa shape index (κ2) is 2.33. The van der Waals surface area contributed by atoms with E-state index in [1.165, 1.54) is 19.3 Å². The zero-order chi connectivity index (χ0) is 8.02. The van der Waals surface area contributed by atoms with Gasteiger partial charge in [-0.1, -0.05) is 12.2 Å². The molecule has 0 amide bonds. The van der Waals surface area contributed by atoms with Gasteiger partial charge in [0.05, 0.1) is 18.8 Å². The van der Waals surface area contributed by atoms with Gasteiger partial charge in [0, 0.05) is 0 Å². The van der Waals surface area contributed by atoms with Crippen molar-refractivity contribution in [3.8, 4) is 0 Å². The molecular formula is C10H14O2. The van der Waals surface area contributed by atoms with Crippen molar-refractivity contribution in [1.29, 1.82) is 0 Å². The molecule has 3 unspecified atom stereocenters. The Labute approximate surface area is 72.5 Å². The predicted octanol–water partition coefficient (Wildman–Crippen LogP) is 1.51. The summed E-state index contributed by atoms with van der Waals surface area (Å²) in [5.74, 6) is 0.810. The highest BCUT2D eigenvalue weighted by atomic mass is 16.6. The van der Waals surface area contributed by atoms with Gasteiger partial charge in [-0.3, -0.25) is 0 Å². The van der Waals surface area contributed by atoms with Crippen molar-refractivity contribution in [3.63, 3.8) is 0 Å². The van der Waals surface area contributed by atoms with Gasteiger partial charge in [0.2, 0.25) is 0 Å². The Morgan fingerprint density at radius 1 is 1.58 bits per heavy atom. The molecule has 0 aromatic carbocycles. The SMILES string of the molecule is C1=CC2(OCC3CO3)CCC1C2. The average molecular weight is 166 g/mol. The molecule has 0 spiro atoms. The first kappa shape index (κ1) is 7.10. The highest BCUT2D eigenvalue weighted by molar-refractivity contribution is 5.18. The molecule has 0 aromatic rings. The molecule has 2 fully saturated rings. The van der Waals surface area contributed by atoms with Gasteiger partial charge in [-0.15, -0.1) is 0 Å². The number of allylic oxidation sites excluding steroid dienone is 1. The largest absolute Gasteiger partial charge is 0.371 e. The standard InChI is InChI=1S/C10H14O2/c1-3-10(4-2-8(1)5-10)12-7-9-6-11-9/h1,3,8-9H,2,4-7H2. The Morgan fingerprint density at radius 2 is 2.50 bits per heavy atom. The first-order chi connectivity index (χ1) is 5.86. The van der Waals surface area contributed by atoms with Crippen LogP contribution in [0.1, 0.15) is 19.3 Å². The molecule has 2 aliphatic carbocycles. The van der Waals surface area contributed by atoms with Crippen molar-refractivity contribution in [1.82, 2.24) is 0 Å². The van der Waals surface area contributed by atoms with E-state index in [9.17, 15) is 0 Å². The number of hydrogen-bond acceptors (Lipinski definition) is 2. The van der Waals surface area contributed by atoms with E-state index in [1.54, 1.807) is 0 Å². The van der Waals surface area contributed by atoms with Gasteiger partial charge in [-0.25, -0.2) is 0 Å². The monoisotopic (exact) mass is 166 g/mol. The van der Waals surface area contributed by atoms with Gasteiger partial charge in [0.15, 0.2) is 0 Å². The molecule has 1 saturated heterocycles. The number of rotatable bonds is 3. The maximum absolute atomic E-state index is 5.89. The molecule has 3 aliphatic rings. The molecule has 3 atom stereocenters. The third-order valence-corrected chi connectivity index (χ3v) is 3.18. The Bertz CT molecular complexity index is 220. The molecule has 2 nitrogen and oxygen atoms in total. The number of ether oxygens (including phenoxy) is 2. The van der Waals surface area contributed by atoms with E-state index in [0.29, 0.717) is 6.10 Å². The van der Waals surface area contributed by atoms with E-state index in [-0.39, 0.29) is 5.60 Å². The van der Waals surface area contributed by atoms with E-state index < -0.39 is 0 Å². The summed E-state index contributed by atoms with van der Waals surface area (Å²) in [5, 5.41) is 0. The fraction of sp³-hybridized carbons (Fsp3) is 0.800. The Balaban J connectivity index is 1.62. The molecule has 3 rings (SSSR count). The van der Waals surface area contributed by atoms with Crippen LogP contribution < -0.4 is 0 Å². The summed E-state index contributed by atoms with van der Waals surface area (Å²) in [4.78, 5) is 0. The van der Waals surface area contributed by atoms with Crippen LogP contribution in [0.4, 0.5) is 0 Å². The normalized spacial score (nSPS) is 48.7. The molecule has 0 radical (unpaired) electrons. The molecule has 0 aromatic heterocycles. The molecule has 1 saturated carbocycles.